The first-order valence-corrected chi connectivity index (χ1v) is 10.6. The molecule has 2 aliphatic carbocycles. The molecule has 4 N–H and O–H groups in total. The fraction of sp³-hybridized carbons (Fsp3) is 0.261. The Morgan fingerprint density at radius 3 is 2.43 bits per heavy atom. The van der Waals surface area contributed by atoms with Gasteiger partial charge in [0.25, 0.3) is 0 Å². The second kappa shape index (κ2) is 8.05. The summed E-state index contributed by atoms with van der Waals surface area (Å²) in [5.74, 6) is 0.708. The van der Waals surface area contributed by atoms with Gasteiger partial charge in [-0.25, -0.2) is 4.98 Å². The molecule has 0 radical (unpaired) electrons. The minimum absolute atomic E-state index is 0.207. The van der Waals surface area contributed by atoms with Gasteiger partial charge in [-0.05, 0) is 59.5 Å². The summed E-state index contributed by atoms with van der Waals surface area (Å²) in [4.78, 5) is 15.6. The summed E-state index contributed by atoms with van der Waals surface area (Å²) in [5, 5.41) is 3.67. The number of H-pyrrole nitrogens is 1. The first-order chi connectivity index (χ1) is 14.7. The fourth-order valence-corrected chi connectivity index (χ4v) is 4.54. The number of aromatic nitrogens is 4. The summed E-state index contributed by atoms with van der Waals surface area (Å²) >= 11 is 5.95. The van der Waals surface area contributed by atoms with Crippen LogP contribution in [0.3, 0.4) is 0 Å². The highest BCUT2D eigenvalue weighted by atomic mass is 35.5. The van der Waals surface area contributed by atoms with E-state index in [0.717, 1.165) is 31.2 Å². The molecule has 2 aromatic carbocycles. The molecule has 7 heteroatoms. The van der Waals surface area contributed by atoms with Crippen LogP contribution in [0.15, 0.2) is 54.9 Å². The van der Waals surface area contributed by atoms with Gasteiger partial charge in [-0.1, -0.05) is 48.5 Å². The van der Waals surface area contributed by atoms with Gasteiger partial charge in [-0.2, -0.15) is 9.97 Å². The average Bonchev–Trinajstić information content (AvgIpc) is 3.48. The number of halogens is 1. The van der Waals surface area contributed by atoms with E-state index in [1.807, 2.05) is 0 Å². The van der Waals surface area contributed by atoms with E-state index in [1.54, 1.807) is 6.33 Å². The molecule has 2 atom stereocenters. The molecule has 0 spiro atoms. The van der Waals surface area contributed by atoms with Gasteiger partial charge in [0.1, 0.15) is 5.52 Å². The van der Waals surface area contributed by atoms with Gasteiger partial charge in [-0.3, -0.25) is 0 Å². The van der Waals surface area contributed by atoms with Gasteiger partial charge in [0.15, 0.2) is 11.5 Å². The molecule has 0 saturated carbocycles. The van der Waals surface area contributed by atoms with Crippen molar-refractivity contribution in [3.8, 4) is 0 Å². The van der Waals surface area contributed by atoms with Crippen molar-refractivity contribution in [2.45, 2.75) is 37.8 Å². The molecule has 30 heavy (non-hydrogen) atoms. The number of rotatable bonds is 2. The lowest BCUT2D eigenvalue weighted by atomic mass is 10.1. The van der Waals surface area contributed by atoms with Crippen molar-refractivity contribution in [2.75, 3.05) is 5.32 Å². The summed E-state index contributed by atoms with van der Waals surface area (Å²) in [5.41, 5.74) is 12.7. The third-order valence-electron chi connectivity index (χ3n) is 5.88. The lowest BCUT2D eigenvalue weighted by Gasteiger charge is -2.15. The van der Waals surface area contributed by atoms with Gasteiger partial charge < -0.3 is 16.0 Å². The van der Waals surface area contributed by atoms with Crippen LogP contribution in [0.4, 0.5) is 5.82 Å². The number of nitrogens with two attached hydrogens (primary N) is 1. The molecule has 4 aromatic rings. The van der Waals surface area contributed by atoms with E-state index in [-0.39, 0.29) is 11.3 Å². The molecule has 0 amide bonds. The molecule has 2 aromatic heterocycles. The summed E-state index contributed by atoms with van der Waals surface area (Å²) < 4.78 is 0. The average molecular weight is 419 g/mol. The fourth-order valence-electron chi connectivity index (χ4n) is 4.37. The molecule has 0 saturated heterocycles. The van der Waals surface area contributed by atoms with E-state index >= 15 is 0 Å². The van der Waals surface area contributed by atoms with Gasteiger partial charge >= 0.3 is 0 Å². The summed E-state index contributed by atoms with van der Waals surface area (Å²) in [6.45, 7) is 0. The topological polar surface area (TPSA) is 92.5 Å². The maximum Gasteiger partial charge on any atom is 0.226 e. The lowest BCUT2D eigenvalue weighted by Crippen LogP contribution is -2.09. The number of imidazole rings is 1. The van der Waals surface area contributed by atoms with Crippen LogP contribution >= 0.6 is 11.6 Å². The molecule has 152 valence electrons. The molecular formula is C23H23ClN6. The van der Waals surface area contributed by atoms with Crippen molar-refractivity contribution >= 4 is 28.6 Å². The van der Waals surface area contributed by atoms with Gasteiger partial charge in [0, 0.05) is 6.04 Å². The van der Waals surface area contributed by atoms with Crippen LogP contribution in [-0.2, 0) is 12.8 Å². The zero-order valence-electron chi connectivity index (χ0n) is 16.5. The van der Waals surface area contributed by atoms with Crippen LogP contribution in [0.5, 0.6) is 0 Å². The zero-order chi connectivity index (χ0) is 20.5. The third kappa shape index (κ3) is 3.64. The predicted octanol–water partition coefficient (Wildman–Crippen LogP) is 4.74. The Morgan fingerprint density at radius 2 is 1.63 bits per heavy atom. The Balaban J connectivity index is 0.000000161. The Labute approximate surface area is 179 Å². The Morgan fingerprint density at radius 1 is 0.933 bits per heavy atom. The molecule has 6 nitrogen and oxygen atoms in total. The second-order valence-electron chi connectivity index (χ2n) is 7.72. The monoisotopic (exact) mass is 418 g/mol. The first-order valence-electron chi connectivity index (χ1n) is 10.2. The summed E-state index contributed by atoms with van der Waals surface area (Å²) in [6, 6.07) is 17.5. The highest BCUT2D eigenvalue weighted by Crippen LogP contribution is 2.34. The van der Waals surface area contributed by atoms with Gasteiger partial charge in [0.2, 0.25) is 5.28 Å². The van der Waals surface area contributed by atoms with E-state index in [0.29, 0.717) is 17.5 Å². The Kier molecular flexibility index (Phi) is 5.11. The predicted molar refractivity (Wildman–Crippen MR) is 120 cm³/mol. The highest BCUT2D eigenvalue weighted by Gasteiger charge is 2.23. The van der Waals surface area contributed by atoms with E-state index in [1.165, 1.54) is 22.3 Å². The number of nitrogens with one attached hydrogen (secondary N) is 2. The van der Waals surface area contributed by atoms with Crippen molar-refractivity contribution in [3.05, 3.63) is 82.4 Å². The molecule has 0 bridgehead atoms. The van der Waals surface area contributed by atoms with E-state index < -0.39 is 0 Å². The van der Waals surface area contributed by atoms with Crippen molar-refractivity contribution < 1.29 is 0 Å². The van der Waals surface area contributed by atoms with E-state index in [9.17, 15) is 0 Å². The zero-order valence-corrected chi connectivity index (χ0v) is 17.2. The van der Waals surface area contributed by atoms with Crippen molar-refractivity contribution in [1.29, 1.82) is 0 Å². The van der Waals surface area contributed by atoms with Crippen LogP contribution < -0.4 is 11.1 Å². The minimum Gasteiger partial charge on any atom is -0.361 e. The number of aryl methyl sites for hydroxylation is 2. The van der Waals surface area contributed by atoms with Crippen LogP contribution in [-0.4, -0.2) is 19.9 Å². The first kappa shape index (κ1) is 19.0. The number of nitrogens with zero attached hydrogens (tertiary/aromatic N) is 3. The van der Waals surface area contributed by atoms with E-state index in [2.05, 4.69) is 73.8 Å². The quantitative estimate of drug-likeness (QED) is 0.409. The molecule has 6 rings (SSSR count). The molecule has 0 aliphatic heterocycles. The third-order valence-corrected chi connectivity index (χ3v) is 6.05. The SMILES string of the molecule is Clc1nc(N[C@H]2CCc3ccccc32)c2[nH]cnc2n1.N[C@H]1CCc2ccccc21. The van der Waals surface area contributed by atoms with Crippen LogP contribution in [0.1, 0.15) is 47.2 Å². The molecule has 0 unspecified atom stereocenters. The number of hydrogen-bond donors (Lipinski definition) is 3. The van der Waals surface area contributed by atoms with Crippen molar-refractivity contribution in [1.82, 2.24) is 19.9 Å². The van der Waals surface area contributed by atoms with Gasteiger partial charge in [0.05, 0.1) is 12.4 Å². The Hall–Kier alpha value is -2.96. The highest BCUT2D eigenvalue weighted by molar-refractivity contribution is 6.28. The molecule has 2 aliphatic rings. The lowest BCUT2D eigenvalue weighted by molar-refractivity contribution is 0.713. The number of hydrogen-bond acceptors (Lipinski definition) is 5. The molecular weight excluding hydrogens is 396 g/mol. The molecule has 2 heterocycles. The summed E-state index contributed by atoms with van der Waals surface area (Å²) in [6.07, 6.45) is 6.02. The van der Waals surface area contributed by atoms with Gasteiger partial charge in [-0.15, -0.1) is 0 Å². The largest absolute Gasteiger partial charge is 0.361 e. The Bertz CT molecular complexity index is 1190. The minimum atomic E-state index is 0.207. The standard InChI is InChI=1S/C14H12ClN5.C9H11N/c15-14-19-12-11(16-7-17-12)13(20-14)18-10-6-5-8-3-1-2-4-9(8)10;10-9-6-5-7-3-1-2-4-8(7)9/h1-4,7,10H,5-6H2,(H2,16,17,18,19,20);1-4,9H,5-6,10H2/t10-;9-/m00/s1. The molecule has 0 fully saturated rings. The maximum atomic E-state index is 5.95. The number of aromatic amines is 1. The normalized spacial score (nSPS) is 19.1. The second-order valence-corrected chi connectivity index (χ2v) is 8.06. The summed E-state index contributed by atoms with van der Waals surface area (Å²) in [7, 11) is 0. The van der Waals surface area contributed by atoms with Crippen LogP contribution in [0, 0.1) is 0 Å². The van der Waals surface area contributed by atoms with Crippen molar-refractivity contribution in [3.63, 3.8) is 0 Å². The number of fused-ring (bicyclic) bond motifs is 3. The van der Waals surface area contributed by atoms with E-state index in [4.69, 9.17) is 17.3 Å². The maximum absolute atomic E-state index is 5.95. The van der Waals surface area contributed by atoms with Crippen molar-refractivity contribution in [2.24, 2.45) is 5.73 Å². The van der Waals surface area contributed by atoms with Crippen LogP contribution in [0.25, 0.3) is 11.2 Å². The smallest absolute Gasteiger partial charge is 0.226 e. The number of benzene rings is 2. The number of anilines is 1. The van der Waals surface area contributed by atoms with Crippen LogP contribution in [0.2, 0.25) is 5.28 Å².